The highest BCUT2D eigenvalue weighted by atomic mass is 16.5. The van der Waals surface area contributed by atoms with Crippen molar-refractivity contribution in [1.29, 1.82) is 0 Å². The second-order valence-electron chi connectivity index (χ2n) is 8.39. The van der Waals surface area contributed by atoms with E-state index in [1.807, 2.05) is 6.07 Å². The van der Waals surface area contributed by atoms with Gasteiger partial charge in [-0.3, -0.25) is 19.2 Å². The molecular weight excluding hydrogens is 462 g/mol. The van der Waals surface area contributed by atoms with Crippen molar-refractivity contribution in [3.63, 3.8) is 0 Å². The van der Waals surface area contributed by atoms with Gasteiger partial charge in [-0.15, -0.1) is 0 Å². The standard InChI is InChI=1S/C27H23N3O6/c1-16-6-4-5-7-22(16)30-25(33)20-13-10-18(14-21(20)26(30)34)27(35)36-15-23(31)28-19-11-8-17(9-12-19)24(32)29(2)3/h4-14H,15H2,1-3H3,(H,28,31). The van der Waals surface area contributed by atoms with E-state index in [4.69, 9.17) is 4.74 Å². The summed E-state index contributed by atoms with van der Waals surface area (Å²) in [6, 6.07) is 17.4. The minimum Gasteiger partial charge on any atom is -0.452 e. The van der Waals surface area contributed by atoms with E-state index in [0.29, 0.717) is 16.9 Å². The lowest BCUT2D eigenvalue weighted by molar-refractivity contribution is -0.119. The number of benzene rings is 3. The van der Waals surface area contributed by atoms with Crippen LogP contribution in [0.2, 0.25) is 0 Å². The van der Waals surface area contributed by atoms with Gasteiger partial charge in [-0.2, -0.15) is 0 Å². The Morgan fingerprint density at radius 1 is 0.861 bits per heavy atom. The van der Waals surface area contributed by atoms with Gasteiger partial charge < -0.3 is 15.0 Å². The lowest BCUT2D eigenvalue weighted by Crippen LogP contribution is -2.29. The zero-order valence-corrected chi connectivity index (χ0v) is 19.9. The summed E-state index contributed by atoms with van der Waals surface area (Å²) in [5, 5.41) is 2.58. The maximum absolute atomic E-state index is 13.0. The largest absolute Gasteiger partial charge is 0.452 e. The van der Waals surface area contributed by atoms with Crippen LogP contribution in [0.25, 0.3) is 0 Å². The fourth-order valence-electron chi connectivity index (χ4n) is 3.77. The summed E-state index contributed by atoms with van der Waals surface area (Å²) in [6.45, 7) is 1.24. The zero-order valence-electron chi connectivity index (χ0n) is 19.9. The lowest BCUT2D eigenvalue weighted by atomic mass is 10.1. The molecule has 9 nitrogen and oxygen atoms in total. The normalized spacial score (nSPS) is 12.2. The van der Waals surface area contributed by atoms with Gasteiger partial charge in [0, 0.05) is 25.3 Å². The molecule has 1 N–H and O–H groups in total. The molecule has 36 heavy (non-hydrogen) atoms. The maximum atomic E-state index is 13.0. The Bertz CT molecular complexity index is 1390. The van der Waals surface area contributed by atoms with Crippen molar-refractivity contribution in [3.05, 3.63) is 94.5 Å². The van der Waals surface area contributed by atoms with Crippen molar-refractivity contribution in [2.75, 3.05) is 30.9 Å². The molecule has 0 unspecified atom stereocenters. The quantitative estimate of drug-likeness (QED) is 0.424. The summed E-state index contributed by atoms with van der Waals surface area (Å²) in [7, 11) is 3.28. The van der Waals surface area contributed by atoms with Gasteiger partial charge in [-0.1, -0.05) is 18.2 Å². The van der Waals surface area contributed by atoms with Crippen LogP contribution in [0.1, 0.15) is 47.0 Å². The number of esters is 1. The van der Waals surface area contributed by atoms with Crippen molar-refractivity contribution < 1.29 is 28.7 Å². The number of fused-ring (bicyclic) bond motifs is 1. The molecule has 3 aromatic rings. The van der Waals surface area contributed by atoms with Gasteiger partial charge in [0.2, 0.25) is 0 Å². The first-order chi connectivity index (χ1) is 17.2. The number of nitrogens with zero attached hydrogens (tertiary/aromatic N) is 2. The van der Waals surface area contributed by atoms with E-state index in [1.54, 1.807) is 63.5 Å². The Hall–Kier alpha value is -4.79. The molecule has 0 fully saturated rings. The van der Waals surface area contributed by atoms with Gasteiger partial charge in [0.25, 0.3) is 23.6 Å². The molecule has 0 spiro atoms. The van der Waals surface area contributed by atoms with Crippen LogP contribution in [-0.2, 0) is 9.53 Å². The second-order valence-corrected chi connectivity index (χ2v) is 8.39. The van der Waals surface area contributed by atoms with Gasteiger partial charge in [0.1, 0.15) is 0 Å². The van der Waals surface area contributed by atoms with Crippen LogP contribution < -0.4 is 10.2 Å². The highest BCUT2D eigenvalue weighted by Gasteiger charge is 2.37. The molecule has 0 radical (unpaired) electrons. The molecule has 9 heteroatoms. The summed E-state index contributed by atoms with van der Waals surface area (Å²) < 4.78 is 5.09. The number of aryl methyl sites for hydroxylation is 1. The molecule has 182 valence electrons. The summed E-state index contributed by atoms with van der Waals surface area (Å²) in [5.74, 6) is -2.56. The minimum absolute atomic E-state index is 0.0425. The first-order valence-electron chi connectivity index (χ1n) is 11.0. The monoisotopic (exact) mass is 485 g/mol. The fourth-order valence-corrected chi connectivity index (χ4v) is 3.77. The third-order valence-corrected chi connectivity index (χ3v) is 5.63. The maximum Gasteiger partial charge on any atom is 0.338 e. The van der Waals surface area contributed by atoms with E-state index < -0.39 is 30.3 Å². The molecule has 0 saturated carbocycles. The number of rotatable bonds is 6. The summed E-state index contributed by atoms with van der Waals surface area (Å²) in [5.41, 5.74) is 2.46. The number of hydrogen-bond acceptors (Lipinski definition) is 6. The minimum atomic E-state index is -0.811. The molecule has 1 heterocycles. The summed E-state index contributed by atoms with van der Waals surface area (Å²) >= 11 is 0. The first-order valence-corrected chi connectivity index (χ1v) is 11.0. The van der Waals surface area contributed by atoms with Crippen molar-refractivity contribution in [1.82, 2.24) is 4.90 Å². The van der Waals surface area contributed by atoms with Crippen LogP contribution in [0.15, 0.2) is 66.7 Å². The number of hydrogen-bond donors (Lipinski definition) is 1. The molecule has 0 atom stereocenters. The van der Waals surface area contributed by atoms with E-state index in [2.05, 4.69) is 5.32 Å². The Labute approximate surface area is 207 Å². The molecule has 4 amide bonds. The molecule has 0 saturated heterocycles. The topological polar surface area (TPSA) is 113 Å². The average molecular weight is 485 g/mol. The smallest absolute Gasteiger partial charge is 0.338 e. The first kappa shape index (κ1) is 24.3. The number of carbonyl (C=O) groups excluding carboxylic acids is 5. The molecule has 0 bridgehead atoms. The number of nitrogens with one attached hydrogen (secondary N) is 1. The molecule has 3 aromatic carbocycles. The van der Waals surface area contributed by atoms with Crippen molar-refractivity contribution in [2.45, 2.75) is 6.92 Å². The third-order valence-electron chi connectivity index (χ3n) is 5.63. The van der Waals surface area contributed by atoms with Crippen LogP contribution in [0.5, 0.6) is 0 Å². The van der Waals surface area contributed by atoms with E-state index in [1.165, 1.54) is 23.1 Å². The second kappa shape index (κ2) is 9.83. The van der Waals surface area contributed by atoms with Gasteiger partial charge in [-0.25, -0.2) is 9.69 Å². The van der Waals surface area contributed by atoms with Gasteiger partial charge in [0.05, 0.1) is 22.4 Å². The van der Waals surface area contributed by atoms with Crippen molar-refractivity contribution >= 4 is 41.0 Å². The average Bonchev–Trinajstić information content (AvgIpc) is 3.12. The van der Waals surface area contributed by atoms with E-state index >= 15 is 0 Å². The van der Waals surface area contributed by atoms with Crippen LogP contribution in [0.4, 0.5) is 11.4 Å². The Kier molecular flexibility index (Phi) is 6.64. The van der Waals surface area contributed by atoms with Gasteiger partial charge >= 0.3 is 5.97 Å². The number of anilines is 2. The van der Waals surface area contributed by atoms with Crippen LogP contribution in [-0.4, -0.2) is 55.2 Å². The number of para-hydroxylation sites is 1. The highest BCUT2D eigenvalue weighted by Crippen LogP contribution is 2.31. The van der Waals surface area contributed by atoms with Gasteiger partial charge in [0.15, 0.2) is 6.61 Å². The fraction of sp³-hybridized carbons (Fsp3) is 0.148. The van der Waals surface area contributed by atoms with Crippen LogP contribution >= 0.6 is 0 Å². The lowest BCUT2D eigenvalue weighted by Gasteiger charge is -2.16. The zero-order chi connectivity index (χ0) is 26.0. The predicted octanol–water partition coefficient (Wildman–Crippen LogP) is 3.29. The van der Waals surface area contributed by atoms with Crippen molar-refractivity contribution in [3.8, 4) is 0 Å². The number of carbonyl (C=O) groups is 5. The van der Waals surface area contributed by atoms with E-state index in [9.17, 15) is 24.0 Å². The summed E-state index contributed by atoms with van der Waals surface area (Å²) in [6.07, 6.45) is 0. The van der Waals surface area contributed by atoms with Crippen LogP contribution in [0, 0.1) is 6.92 Å². The molecule has 0 aliphatic carbocycles. The molecular formula is C27H23N3O6. The van der Waals surface area contributed by atoms with Crippen molar-refractivity contribution in [2.24, 2.45) is 0 Å². The van der Waals surface area contributed by atoms with Gasteiger partial charge in [-0.05, 0) is 61.0 Å². The van der Waals surface area contributed by atoms with E-state index in [0.717, 1.165) is 10.5 Å². The predicted molar refractivity (Wildman–Crippen MR) is 132 cm³/mol. The Morgan fingerprint density at radius 2 is 1.50 bits per heavy atom. The molecule has 1 aliphatic rings. The Morgan fingerprint density at radius 3 is 2.17 bits per heavy atom. The highest BCUT2D eigenvalue weighted by molar-refractivity contribution is 6.35. The third kappa shape index (κ3) is 4.72. The SMILES string of the molecule is Cc1ccccc1N1C(=O)c2ccc(C(=O)OCC(=O)Nc3ccc(C(=O)N(C)C)cc3)cc2C1=O. The summed E-state index contributed by atoms with van der Waals surface area (Å²) in [4.78, 5) is 65.0. The Balaban J connectivity index is 1.40. The molecule has 0 aromatic heterocycles. The number of imide groups is 1. The number of amides is 4. The molecule has 1 aliphatic heterocycles. The van der Waals surface area contributed by atoms with Crippen LogP contribution in [0.3, 0.4) is 0 Å². The van der Waals surface area contributed by atoms with E-state index in [-0.39, 0.29) is 22.6 Å². The number of ether oxygens (including phenoxy) is 1. The molecule has 4 rings (SSSR count).